The molecule has 0 aliphatic heterocycles. The SMILES string of the molecule is Cc1nc(NCCO)cc(NCC(C)C)n1. The van der Waals surface area contributed by atoms with Crippen LogP contribution in [0.1, 0.15) is 19.7 Å². The Balaban J connectivity index is 2.65. The Morgan fingerprint density at radius 1 is 1.25 bits per heavy atom. The van der Waals surface area contributed by atoms with E-state index in [9.17, 15) is 0 Å². The van der Waals surface area contributed by atoms with Gasteiger partial charge in [0.1, 0.15) is 17.5 Å². The van der Waals surface area contributed by atoms with Gasteiger partial charge in [-0.05, 0) is 12.8 Å². The molecular formula is C11H20N4O. The molecule has 0 spiro atoms. The maximum Gasteiger partial charge on any atom is 0.131 e. The van der Waals surface area contributed by atoms with E-state index in [1.807, 2.05) is 13.0 Å². The Labute approximate surface area is 96.3 Å². The van der Waals surface area contributed by atoms with Crippen LogP contribution in [0.25, 0.3) is 0 Å². The van der Waals surface area contributed by atoms with Crippen LogP contribution in [0.5, 0.6) is 0 Å². The van der Waals surface area contributed by atoms with E-state index in [2.05, 4.69) is 34.4 Å². The van der Waals surface area contributed by atoms with Crippen molar-refractivity contribution in [2.24, 2.45) is 5.92 Å². The van der Waals surface area contributed by atoms with Crippen LogP contribution in [-0.2, 0) is 0 Å². The third kappa shape index (κ3) is 4.44. The fourth-order valence-corrected chi connectivity index (χ4v) is 1.24. The second-order valence-electron chi connectivity index (χ2n) is 4.11. The van der Waals surface area contributed by atoms with Crippen LogP contribution in [0, 0.1) is 12.8 Å². The van der Waals surface area contributed by atoms with Crippen LogP contribution in [0.4, 0.5) is 11.6 Å². The van der Waals surface area contributed by atoms with Crippen LogP contribution >= 0.6 is 0 Å². The molecule has 0 amide bonds. The molecule has 0 aliphatic carbocycles. The highest BCUT2D eigenvalue weighted by Crippen LogP contribution is 2.11. The highest BCUT2D eigenvalue weighted by Gasteiger charge is 2.01. The van der Waals surface area contributed by atoms with Gasteiger partial charge in [0.15, 0.2) is 0 Å². The summed E-state index contributed by atoms with van der Waals surface area (Å²) in [7, 11) is 0. The maximum atomic E-state index is 8.72. The van der Waals surface area contributed by atoms with Gasteiger partial charge in [0, 0.05) is 19.2 Å². The molecule has 0 aromatic carbocycles. The van der Waals surface area contributed by atoms with Gasteiger partial charge < -0.3 is 15.7 Å². The van der Waals surface area contributed by atoms with Crippen molar-refractivity contribution in [1.29, 1.82) is 0 Å². The van der Waals surface area contributed by atoms with Gasteiger partial charge in [0.2, 0.25) is 0 Å². The Kier molecular flexibility index (Phi) is 4.98. The standard InChI is InChI=1S/C11H20N4O/c1-8(2)7-13-11-6-10(12-4-5-16)14-9(3)15-11/h6,8,16H,4-5,7H2,1-3H3,(H2,12,13,14,15). The lowest BCUT2D eigenvalue weighted by Crippen LogP contribution is -2.12. The normalized spacial score (nSPS) is 10.6. The number of aryl methyl sites for hydroxylation is 1. The van der Waals surface area contributed by atoms with Crippen molar-refractivity contribution in [3.05, 3.63) is 11.9 Å². The molecule has 3 N–H and O–H groups in total. The number of aromatic nitrogens is 2. The summed E-state index contributed by atoms with van der Waals surface area (Å²) in [6.45, 7) is 7.62. The predicted octanol–water partition coefficient (Wildman–Crippen LogP) is 1.26. The summed E-state index contributed by atoms with van der Waals surface area (Å²) in [6, 6.07) is 1.85. The van der Waals surface area contributed by atoms with Crippen LogP contribution in [-0.4, -0.2) is 34.8 Å². The van der Waals surface area contributed by atoms with Crippen LogP contribution < -0.4 is 10.6 Å². The Morgan fingerprint density at radius 2 is 1.88 bits per heavy atom. The largest absolute Gasteiger partial charge is 0.395 e. The van der Waals surface area contributed by atoms with E-state index in [-0.39, 0.29) is 6.61 Å². The molecule has 1 heterocycles. The van der Waals surface area contributed by atoms with E-state index in [0.29, 0.717) is 18.3 Å². The van der Waals surface area contributed by atoms with Crippen LogP contribution in [0.3, 0.4) is 0 Å². The zero-order valence-electron chi connectivity index (χ0n) is 10.1. The first-order chi connectivity index (χ1) is 7.61. The number of hydrogen-bond acceptors (Lipinski definition) is 5. The summed E-state index contributed by atoms with van der Waals surface area (Å²) >= 11 is 0. The molecule has 0 saturated heterocycles. The molecule has 0 fully saturated rings. The number of aliphatic hydroxyl groups excluding tert-OH is 1. The Bertz CT molecular complexity index is 328. The van der Waals surface area contributed by atoms with E-state index in [1.165, 1.54) is 0 Å². The average molecular weight is 224 g/mol. The Morgan fingerprint density at radius 3 is 2.44 bits per heavy atom. The van der Waals surface area contributed by atoms with Crippen LogP contribution in [0.2, 0.25) is 0 Å². The fraction of sp³-hybridized carbons (Fsp3) is 0.636. The highest BCUT2D eigenvalue weighted by molar-refractivity contribution is 5.47. The van der Waals surface area contributed by atoms with Gasteiger partial charge in [-0.25, -0.2) is 9.97 Å². The summed E-state index contributed by atoms with van der Waals surface area (Å²) in [6.07, 6.45) is 0. The quantitative estimate of drug-likeness (QED) is 0.678. The van der Waals surface area contributed by atoms with Gasteiger partial charge in [-0.2, -0.15) is 0 Å². The predicted molar refractivity (Wildman–Crippen MR) is 65.7 cm³/mol. The first-order valence-corrected chi connectivity index (χ1v) is 5.56. The zero-order chi connectivity index (χ0) is 12.0. The maximum absolute atomic E-state index is 8.72. The molecule has 0 aliphatic rings. The minimum Gasteiger partial charge on any atom is -0.395 e. The number of nitrogens with one attached hydrogen (secondary N) is 2. The smallest absolute Gasteiger partial charge is 0.131 e. The molecule has 1 rings (SSSR count). The topological polar surface area (TPSA) is 70.1 Å². The van der Waals surface area contributed by atoms with Crippen molar-refractivity contribution >= 4 is 11.6 Å². The van der Waals surface area contributed by atoms with Crippen molar-refractivity contribution in [2.45, 2.75) is 20.8 Å². The lowest BCUT2D eigenvalue weighted by Gasteiger charge is -2.10. The van der Waals surface area contributed by atoms with Gasteiger partial charge in [0.05, 0.1) is 6.61 Å². The van der Waals surface area contributed by atoms with E-state index in [4.69, 9.17) is 5.11 Å². The summed E-state index contributed by atoms with van der Waals surface area (Å²) in [5.41, 5.74) is 0. The lowest BCUT2D eigenvalue weighted by molar-refractivity contribution is 0.311. The monoisotopic (exact) mass is 224 g/mol. The molecule has 0 unspecified atom stereocenters. The van der Waals surface area contributed by atoms with Gasteiger partial charge >= 0.3 is 0 Å². The first-order valence-electron chi connectivity index (χ1n) is 5.56. The van der Waals surface area contributed by atoms with E-state index in [0.717, 1.165) is 18.2 Å². The van der Waals surface area contributed by atoms with E-state index < -0.39 is 0 Å². The molecule has 1 aromatic heterocycles. The van der Waals surface area contributed by atoms with E-state index >= 15 is 0 Å². The van der Waals surface area contributed by atoms with Gasteiger partial charge in [0.25, 0.3) is 0 Å². The molecule has 0 saturated carbocycles. The van der Waals surface area contributed by atoms with Crippen molar-refractivity contribution in [3.63, 3.8) is 0 Å². The third-order valence-corrected chi connectivity index (χ3v) is 1.95. The van der Waals surface area contributed by atoms with Crippen molar-refractivity contribution in [3.8, 4) is 0 Å². The lowest BCUT2D eigenvalue weighted by atomic mass is 10.2. The second-order valence-corrected chi connectivity index (χ2v) is 4.11. The third-order valence-electron chi connectivity index (χ3n) is 1.95. The number of aliphatic hydroxyl groups is 1. The molecule has 0 atom stereocenters. The zero-order valence-corrected chi connectivity index (χ0v) is 10.1. The first kappa shape index (κ1) is 12.7. The summed E-state index contributed by atoms with van der Waals surface area (Å²) < 4.78 is 0. The summed E-state index contributed by atoms with van der Waals surface area (Å²) in [5.74, 6) is 2.85. The minimum atomic E-state index is 0.0950. The molecule has 5 heteroatoms. The number of anilines is 2. The van der Waals surface area contributed by atoms with Crippen molar-refractivity contribution in [1.82, 2.24) is 9.97 Å². The highest BCUT2D eigenvalue weighted by atomic mass is 16.3. The van der Waals surface area contributed by atoms with Gasteiger partial charge in [-0.15, -0.1) is 0 Å². The number of rotatable bonds is 6. The van der Waals surface area contributed by atoms with Crippen molar-refractivity contribution < 1.29 is 5.11 Å². The van der Waals surface area contributed by atoms with Crippen molar-refractivity contribution in [2.75, 3.05) is 30.3 Å². The average Bonchev–Trinajstić information content (AvgIpc) is 2.23. The van der Waals surface area contributed by atoms with Crippen LogP contribution in [0.15, 0.2) is 6.07 Å². The molecule has 90 valence electrons. The molecule has 0 bridgehead atoms. The van der Waals surface area contributed by atoms with E-state index in [1.54, 1.807) is 0 Å². The Hall–Kier alpha value is -1.36. The molecule has 1 aromatic rings. The minimum absolute atomic E-state index is 0.0950. The molecular weight excluding hydrogens is 204 g/mol. The number of hydrogen-bond donors (Lipinski definition) is 3. The van der Waals surface area contributed by atoms with Gasteiger partial charge in [-0.3, -0.25) is 0 Å². The fourth-order valence-electron chi connectivity index (χ4n) is 1.24. The molecule has 5 nitrogen and oxygen atoms in total. The van der Waals surface area contributed by atoms with Gasteiger partial charge in [-0.1, -0.05) is 13.8 Å². The second kappa shape index (κ2) is 6.27. The summed E-state index contributed by atoms with van der Waals surface area (Å²) in [4.78, 5) is 8.51. The summed E-state index contributed by atoms with van der Waals surface area (Å²) in [5, 5.41) is 15.0. The molecule has 16 heavy (non-hydrogen) atoms. The number of nitrogens with zero attached hydrogens (tertiary/aromatic N) is 2. The molecule has 0 radical (unpaired) electrons.